The minimum atomic E-state index is -4.10. The van der Waals surface area contributed by atoms with Crippen LogP contribution in [0.1, 0.15) is 0 Å². The molecule has 0 fully saturated rings. The highest BCUT2D eigenvalue weighted by molar-refractivity contribution is 7.89. The van der Waals surface area contributed by atoms with E-state index in [-0.39, 0.29) is 25.4 Å². The Hall–Kier alpha value is -2.24. The van der Waals surface area contributed by atoms with Crippen molar-refractivity contribution in [1.29, 1.82) is 0 Å². The number of nitrogens with one attached hydrogen (secondary N) is 1. The number of nitro benzene ring substituents is 1. The van der Waals surface area contributed by atoms with E-state index in [2.05, 4.69) is 4.72 Å². The van der Waals surface area contributed by atoms with Crippen molar-refractivity contribution in [3.05, 3.63) is 28.3 Å². The highest BCUT2D eigenvalue weighted by atomic mass is 32.2. The molecule has 1 rings (SSSR count). The predicted molar refractivity (Wildman–Crippen MR) is 72.7 cm³/mol. The quantitative estimate of drug-likeness (QED) is 0.238. The Balaban J connectivity index is 2.79. The summed E-state index contributed by atoms with van der Waals surface area (Å²) in [6, 6.07) is 3.24. The summed E-state index contributed by atoms with van der Waals surface area (Å²) in [4.78, 5) is 19.9. The number of carbonyl (C=O) groups is 1. The maximum Gasteiger partial charge on any atom is 0.291 e. The minimum Gasteiger partial charge on any atom is -0.399 e. The first-order valence-corrected chi connectivity index (χ1v) is 7.12. The van der Waals surface area contributed by atoms with Crippen LogP contribution in [0.25, 0.3) is 0 Å². The molecule has 0 unspecified atom stereocenters. The lowest BCUT2D eigenvalue weighted by Gasteiger charge is -2.08. The molecule has 5 N–H and O–H groups in total. The second-order valence-corrected chi connectivity index (χ2v) is 5.64. The zero-order valence-electron chi connectivity index (χ0n) is 10.8. The van der Waals surface area contributed by atoms with Gasteiger partial charge in [0.05, 0.1) is 11.5 Å². The van der Waals surface area contributed by atoms with Crippen LogP contribution in [0.4, 0.5) is 11.4 Å². The number of anilines is 1. The Bertz CT molecular complexity index is 645. The number of primary amides is 1. The summed E-state index contributed by atoms with van der Waals surface area (Å²) in [6.45, 7) is -0.619. The number of hydrogen-bond donors (Lipinski definition) is 3. The Morgan fingerprint density at radius 2 is 2.10 bits per heavy atom. The van der Waals surface area contributed by atoms with Crippen LogP contribution in [0.15, 0.2) is 23.1 Å². The number of nitrogens with zero attached hydrogens (tertiary/aromatic N) is 1. The van der Waals surface area contributed by atoms with Gasteiger partial charge in [0.1, 0.15) is 6.61 Å². The van der Waals surface area contributed by atoms with Gasteiger partial charge in [0, 0.05) is 18.3 Å². The van der Waals surface area contributed by atoms with Crippen LogP contribution >= 0.6 is 0 Å². The van der Waals surface area contributed by atoms with Gasteiger partial charge in [0.15, 0.2) is 4.90 Å². The molecule has 1 aromatic carbocycles. The number of carbonyl (C=O) groups excluding carboxylic acids is 1. The van der Waals surface area contributed by atoms with Gasteiger partial charge in [0.25, 0.3) is 5.69 Å². The van der Waals surface area contributed by atoms with Crippen molar-refractivity contribution in [3.8, 4) is 0 Å². The average Bonchev–Trinajstić information content (AvgIpc) is 2.37. The second kappa shape index (κ2) is 6.97. The topological polar surface area (TPSA) is 168 Å². The summed E-state index contributed by atoms with van der Waals surface area (Å²) < 4.78 is 30.8. The third-order valence-corrected chi connectivity index (χ3v) is 3.76. The van der Waals surface area contributed by atoms with Crippen molar-refractivity contribution in [3.63, 3.8) is 0 Å². The van der Waals surface area contributed by atoms with Gasteiger partial charge in [-0.25, -0.2) is 13.1 Å². The van der Waals surface area contributed by atoms with Crippen LogP contribution in [0.3, 0.4) is 0 Å². The van der Waals surface area contributed by atoms with E-state index in [0.717, 1.165) is 12.1 Å². The van der Waals surface area contributed by atoms with Crippen molar-refractivity contribution in [2.75, 3.05) is 25.5 Å². The maximum atomic E-state index is 12.0. The van der Waals surface area contributed by atoms with Crippen molar-refractivity contribution >= 4 is 27.3 Å². The third kappa shape index (κ3) is 4.98. The van der Waals surface area contributed by atoms with Crippen LogP contribution in [-0.2, 0) is 19.6 Å². The zero-order chi connectivity index (χ0) is 16.0. The van der Waals surface area contributed by atoms with E-state index in [1.165, 1.54) is 6.07 Å². The maximum absolute atomic E-state index is 12.0. The fourth-order valence-electron chi connectivity index (χ4n) is 1.40. The van der Waals surface area contributed by atoms with E-state index < -0.39 is 31.4 Å². The smallest absolute Gasteiger partial charge is 0.291 e. The van der Waals surface area contributed by atoms with E-state index >= 15 is 0 Å². The molecule has 0 saturated carbocycles. The number of ether oxygens (including phenoxy) is 1. The molecule has 0 saturated heterocycles. The van der Waals surface area contributed by atoms with Gasteiger partial charge in [-0.15, -0.1) is 0 Å². The molecule has 0 atom stereocenters. The van der Waals surface area contributed by atoms with E-state index in [1.807, 2.05) is 0 Å². The molecule has 0 aliphatic heterocycles. The highest BCUT2D eigenvalue weighted by Gasteiger charge is 2.25. The van der Waals surface area contributed by atoms with Crippen molar-refractivity contribution in [2.45, 2.75) is 4.90 Å². The van der Waals surface area contributed by atoms with Crippen LogP contribution in [-0.4, -0.2) is 39.0 Å². The number of nitro groups is 1. The Morgan fingerprint density at radius 3 is 2.67 bits per heavy atom. The van der Waals surface area contributed by atoms with Crippen LogP contribution < -0.4 is 16.2 Å². The molecule has 116 valence electrons. The van der Waals surface area contributed by atoms with E-state index in [1.54, 1.807) is 0 Å². The average molecular weight is 318 g/mol. The van der Waals surface area contributed by atoms with E-state index in [4.69, 9.17) is 16.2 Å². The van der Waals surface area contributed by atoms with Gasteiger partial charge in [-0.1, -0.05) is 0 Å². The first kappa shape index (κ1) is 16.8. The summed E-state index contributed by atoms with van der Waals surface area (Å²) in [7, 11) is -4.10. The molecule has 0 aromatic heterocycles. The number of hydrogen-bond acceptors (Lipinski definition) is 7. The molecule has 10 nitrogen and oxygen atoms in total. The van der Waals surface area contributed by atoms with Gasteiger partial charge in [-0.05, 0) is 12.1 Å². The monoisotopic (exact) mass is 318 g/mol. The number of benzene rings is 1. The molecular formula is C10H14N4O6S. The minimum absolute atomic E-state index is 0.0745. The summed E-state index contributed by atoms with van der Waals surface area (Å²) >= 11 is 0. The predicted octanol–water partition coefficient (Wildman–Crippen LogP) is -1.04. The fourth-order valence-corrected chi connectivity index (χ4v) is 2.57. The molecule has 0 radical (unpaired) electrons. The van der Waals surface area contributed by atoms with Crippen molar-refractivity contribution in [1.82, 2.24) is 4.72 Å². The standard InChI is InChI=1S/C10H14N4O6S/c11-7-1-2-9(8(5-7)14(16)17)21(18,19)13-3-4-20-6-10(12)15/h1-2,5,13H,3-4,6,11H2,(H2,12,15). The number of nitrogen functional groups attached to an aromatic ring is 1. The molecule has 0 spiro atoms. The molecule has 1 aromatic rings. The lowest BCUT2D eigenvalue weighted by Crippen LogP contribution is -2.29. The number of amides is 1. The number of sulfonamides is 1. The number of rotatable bonds is 8. The molecule has 0 bridgehead atoms. The summed E-state index contributed by atoms with van der Waals surface area (Å²) in [5.41, 5.74) is 9.67. The Kier molecular flexibility index (Phi) is 5.58. The van der Waals surface area contributed by atoms with Crippen LogP contribution in [0, 0.1) is 10.1 Å². The fraction of sp³-hybridized carbons (Fsp3) is 0.300. The SMILES string of the molecule is NC(=O)COCCNS(=O)(=O)c1ccc(N)cc1[N+](=O)[O-]. The largest absolute Gasteiger partial charge is 0.399 e. The van der Waals surface area contributed by atoms with Gasteiger partial charge in [-0.2, -0.15) is 0 Å². The summed E-state index contributed by atoms with van der Waals surface area (Å²) in [6.07, 6.45) is 0. The normalized spacial score (nSPS) is 11.2. The molecule has 21 heavy (non-hydrogen) atoms. The van der Waals surface area contributed by atoms with Gasteiger partial charge >= 0.3 is 0 Å². The zero-order valence-corrected chi connectivity index (χ0v) is 11.6. The van der Waals surface area contributed by atoms with Gasteiger partial charge in [-0.3, -0.25) is 14.9 Å². The highest BCUT2D eigenvalue weighted by Crippen LogP contribution is 2.25. The number of nitrogens with two attached hydrogens (primary N) is 2. The molecule has 0 heterocycles. The molecule has 11 heteroatoms. The second-order valence-electron chi connectivity index (χ2n) is 3.90. The van der Waals surface area contributed by atoms with Gasteiger partial charge < -0.3 is 16.2 Å². The summed E-state index contributed by atoms with van der Waals surface area (Å²) in [5, 5.41) is 10.9. The third-order valence-electron chi connectivity index (χ3n) is 2.25. The molecule has 0 aliphatic carbocycles. The lowest BCUT2D eigenvalue weighted by molar-refractivity contribution is -0.387. The Labute approximate surface area is 120 Å². The van der Waals surface area contributed by atoms with E-state index in [9.17, 15) is 23.3 Å². The Morgan fingerprint density at radius 1 is 1.43 bits per heavy atom. The summed E-state index contributed by atoms with van der Waals surface area (Å²) in [5.74, 6) is -0.688. The lowest BCUT2D eigenvalue weighted by atomic mass is 10.3. The molecule has 1 amide bonds. The first-order valence-electron chi connectivity index (χ1n) is 5.63. The molecule has 0 aliphatic rings. The van der Waals surface area contributed by atoms with Crippen molar-refractivity contribution in [2.24, 2.45) is 5.73 Å². The van der Waals surface area contributed by atoms with E-state index in [0.29, 0.717) is 0 Å². The van der Waals surface area contributed by atoms with Crippen LogP contribution in [0.5, 0.6) is 0 Å². The first-order chi connectivity index (χ1) is 9.74. The van der Waals surface area contributed by atoms with Crippen molar-refractivity contribution < 1.29 is 22.9 Å². The van der Waals surface area contributed by atoms with Crippen LogP contribution in [0.2, 0.25) is 0 Å². The van der Waals surface area contributed by atoms with Gasteiger partial charge in [0.2, 0.25) is 15.9 Å². The molecular weight excluding hydrogens is 304 g/mol.